The summed E-state index contributed by atoms with van der Waals surface area (Å²) in [4.78, 5) is 17.7. The zero-order chi connectivity index (χ0) is 18.3. The first-order valence-electron chi connectivity index (χ1n) is 8.73. The number of hydrogen-bond donors (Lipinski definition) is 0. The molecular formula is C21H21N3OS. The molecule has 0 atom stereocenters. The van der Waals surface area contributed by atoms with E-state index in [1.807, 2.05) is 12.6 Å². The number of benzene rings is 2. The van der Waals surface area contributed by atoms with E-state index in [0.717, 1.165) is 23.4 Å². The number of nitrogens with zero attached hydrogens (tertiary/aromatic N) is 3. The van der Waals surface area contributed by atoms with Crippen molar-refractivity contribution in [2.45, 2.75) is 26.9 Å². The summed E-state index contributed by atoms with van der Waals surface area (Å²) in [6.45, 7) is 5.31. The maximum Gasteiger partial charge on any atom is 0.219 e. The summed E-state index contributed by atoms with van der Waals surface area (Å²) >= 11 is 1.61. The Bertz CT molecular complexity index is 1100. The highest BCUT2D eigenvalue weighted by Crippen LogP contribution is 2.33. The normalized spacial score (nSPS) is 11.3. The lowest BCUT2D eigenvalue weighted by Gasteiger charge is -2.14. The Morgan fingerprint density at radius 1 is 1.15 bits per heavy atom. The highest BCUT2D eigenvalue weighted by molar-refractivity contribution is 7.07. The molecule has 0 fully saturated rings. The van der Waals surface area contributed by atoms with E-state index >= 15 is 0 Å². The number of carbonyl (C=O) groups excluding carboxylic acids is 1. The van der Waals surface area contributed by atoms with Crippen LogP contribution in [0, 0.1) is 0 Å². The van der Waals surface area contributed by atoms with E-state index in [-0.39, 0.29) is 5.91 Å². The lowest BCUT2D eigenvalue weighted by Crippen LogP contribution is -2.22. The second kappa shape index (κ2) is 6.57. The topological polar surface area (TPSA) is 38.1 Å². The molecule has 0 aliphatic rings. The predicted octanol–water partition coefficient (Wildman–Crippen LogP) is 4.92. The van der Waals surface area contributed by atoms with Gasteiger partial charge in [-0.25, -0.2) is 4.98 Å². The first-order valence-corrected chi connectivity index (χ1v) is 9.68. The molecule has 0 saturated heterocycles. The maximum absolute atomic E-state index is 11.5. The minimum absolute atomic E-state index is 0.0778. The molecule has 2 aromatic heterocycles. The van der Waals surface area contributed by atoms with Gasteiger partial charge in [0.05, 0.1) is 11.2 Å². The summed E-state index contributed by atoms with van der Waals surface area (Å²) < 4.78 is 2.35. The molecule has 0 saturated carbocycles. The molecule has 4 nitrogen and oxygen atoms in total. The van der Waals surface area contributed by atoms with Gasteiger partial charge in [-0.15, -0.1) is 11.3 Å². The third-order valence-corrected chi connectivity index (χ3v) is 5.52. The molecule has 1 amide bonds. The summed E-state index contributed by atoms with van der Waals surface area (Å²) in [5.41, 5.74) is 7.64. The number of amides is 1. The second-order valence-corrected chi connectivity index (χ2v) is 7.30. The standard InChI is InChI=1S/C21H21N3OS/c1-4-24-20-8-5-15(11-23(3)14(2)25)9-18(20)17-7-6-16(10-21(17)24)19-12-26-13-22-19/h5-10,12-13H,4,11H2,1-3H3. The van der Waals surface area contributed by atoms with Crippen LogP contribution in [-0.4, -0.2) is 27.4 Å². The Morgan fingerprint density at radius 2 is 2.00 bits per heavy atom. The van der Waals surface area contributed by atoms with Gasteiger partial charge in [0.25, 0.3) is 0 Å². The van der Waals surface area contributed by atoms with E-state index in [0.29, 0.717) is 6.54 Å². The summed E-state index contributed by atoms with van der Waals surface area (Å²) in [5, 5.41) is 4.56. The number of thiazole rings is 1. The number of aryl methyl sites for hydroxylation is 1. The van der Waals surface area contributed by atoms with E-state index in [1.165, 1.54) is 21.8 Å². The largest absolute Gasteiger partial charge is 0.342 e. The van der Waals surface area contributed by atoms with Gasteiger partial charge in [-0.1, -0.05) is 18.2 Å². The average molecular weight is 363 g/mol. The van der Waals surface area contributed by atoms with Crippen LogP contribution in [0.15, 0.2) is 47.3 Å². The van der Waals surface area contributed by atoms with Gasteiger partial charge in [0.1, 0.15) is 0 Å². The zero-order valence-electron chi connectivity index (χ0n) is 15.2. The lowest BCUT2D eigenvalue weighted by molar-refractivity contribution is -0.128. The fraction of sp³-hybridized carbons (Fsp3) is 0.238. The molecule has 5 heteroatoms. The van der Waals surface area contributed by atoms with Crippen LogP contribution in [0.5, 0.6) is 0 Å². The molecule has 0 N–H and O–H groups in total. The van der Waals surface area contributed by atoms with Crippen LogP contribution in [0.1, 0.15) is 19.4 Å². The highest BCUT2D eigenvalue weighted by atomic mass is 32.1. The molecule has 4 aromatic rings. The Balaban J connectivity index is 1.88. The molecular weight excluding hydrogens is 342 g/mol. The van der Waals surface area contributed by atoms with Crippen LogP contribution >= 0.6 is 11.3 Å². The van der Waals surface area contributed by atoms with E-state index in [2.05, 4.69) is 58.3 Å². The molecule has 0 unspecified atom stereocenters. The van der Waals surface area contributed by atoms with Crippen molar-refractivity contribution in [1.82, 2.24) is 14.5 Å². The van der Waals surface area contributed by atoms with Crippen LogP contribution in [0.3, 0.4) is 0 Å². The molecule has 0 bridgehead atoms. The quantitative estimate of drug-likeness (QED) is 0.516. The van der Waals surface area contributed by atoms with Gasteiger partial charge in [0, 0.05) is 59.8 Å². The Hall–Kier alpha value is -2.66. The smallest absolute Gasteiger partial charge is 0.219 e. The number of fused-ring (bicyclic) bond motifs is 3. The van der Waals surface area contributed by atoms with Crippen molar-refractivity contribution in [2.75, 3.05) is 7.05 Å². The van der Waals surface area contributed by atoms with E-state index in [1.54, 1.807) is 23.2 Å². The van der Waals surface area contributed by atoms with Crippen molar-refractivity contribution < 1.29 is 4.79 Å². The Kier molecular flexibility index (Phi) is 4.24. The van der Waals surface area contributed by atoms with Gasteiger partial charge in [0.2, 0.25) is 5.91 Å². The SMILES string of the molecule is CCn1c2ccc(CN(C)C(C)=O)cc2c2ccc(-c3cscn3)cc21. The van der Waals surface area contributed by atoms with Crippen molar-refractivity contribution in [2.24, 2.45) is 0 Å². The van der Waals surface area contributed by atoms with Crippen molar-refractivity contribution in [3.63, 3.8) is 0 Å². The van der Waals surface area contributed by atoms with Crippen molar-refractivity contribution >= 4 is 39.0 Å². The highest BCUT2D eigenvalue weighted by Gasteiger charge is 2.13. The van der Waals surface area contributed by atoms with Gasteiger partial charge < -0.3 is 9.47 Å². The molecule has 0 radical (unpaired) electrons. The van der Waals surface area contributed by atoms with Gasteiger partial charge >= 0.3 is 0 Å². The molecule has 0 spiro atoms. The van der Waals surface area contributed by atoms with Crippen LogP contribution < -0.4 is 0 Å². The molecule has 4 rings (SSSR count). The first-order chi connectivity index (χ1) is 12.6. The maximum atomic E-state index is 11.5. The molecule has 0 aliphatic heterocycles. The molecule has 26 heavy (non-hydrogen) atoms. The van der Waals surface area contributed by atoms with Crippen molar-refractivity contribution in [3.05, 3.63) is 52.9 Å². The third kappa shape index (κ3) is 2.78. The summed E-state index contributed by atoms with van der Waals surface area (Å²) in [7, 11) is 1.84. The van der Waals surface area contributed by atoms with Crippen LogP contribution in [-0.2, 0) is 17.9 Å². The van der Waals surface area contributed by atoms with E-state index in [4.69, 9.17) is 0 Å². The summed E-state index contributed by atoms with van der Waals surface area (Å²) in [6.07, 6.45) is 0. The van der Waals surface area contributed by atoms with Crippen molar-refractivity contribution in [3.8, 4) is 11.3 Å². The third-order valence-electron chi connectivity index (χ3n) is 4.93. The minimum Gasteiger partial charge on any atom is -0.342 e. The zero-order valence-corrected chi connectivity index (χ0v) is 16.0. The number of carbonyl (C=O) groups is 1. The van der Waals surface area contributed by atoms with Gasteiger partial charge in [-0.3, -0.25) is 4.79 Å². The summed E-state index contributed by atoms with van der Waals surface area (Å²) in [6, 6.07) is 13.1. The molecule has 132 valence electrons. The Labute approximate surface area is 156 Å². The summed E-state index contributed by atoms with van der Waals surface area (Å²) in [5.74, 6) is 0.0778. The van der Waals surface area contributed by atoms with Crippen LogP contribution in [0.25, 0.3) is 33.1 Å². The monoisotopic (exact) mass is 363 g/mol. The molecule has 2 aromatic carbocycles. The number of rotatable bonds is 4. The van der Waals surface area contributed by atoms with Crippen molar-refractivity contribution in [1.29, 1.82) is 0 Å². The fourth-order valence-electron chi connectivity index (χ4n) is 3.49. The van der Waals surface area contributed by atoms with Crippen LogP contribution in [0.4, 0.5) is 0 Å². The number of hydrogen-bond acceptors (Lipinski definition) is 3. The first kappa shape index (κ1) is 16.8. The fourth-order valence-corrected chi connectivity index (χ4v) is 4.05. The van der Waals surface area contributed by atoms with Gasteiger partial charge in [-0.2, -0.15) is 0 Å². The van der Waals surface area contributed by atoms with E-state index < -0.39 is 0 Å². The average Bonchev–Trinajstić information content (AvgIpc) is 3.27. The van der Waals surface area contributed by atoms with Crippen LogP contribution in [0.2, 0.25) is 0 Å². The number of aromatic nitrogens is 2. The van der Waals surface area contributed by atoms with E-state index in [9.17, 15) is 4.79 Å². The van der Waals surface area contributed by atoms with Gasteiger partial charge in [-0.05, 0) is 30.7 Å². The Morgan fingerprint density at radius 3 is 2.69 bits per heavy atom. The van der Waals surface area contributed by atoms with Gasteiger partial charge in [0.15, 0.2) is 0 Å². The second-order valence-electron chi connectivity index (χ2n) is 6.58. The lowest BCUT2D eigenvalue weighted by atomic mass is 10.1. The predicted molar refractivity (Wildman–Crippen MR) is 108 cm³/mol. The minimum atomic E-state index is 0.0778. The molecule has 2 heterocycles. The molecule has 0 aliphatic carbocycles.